The molecule has 2 atom stereocenters. The van der Waals surface area contributed by atoms with E-state index in [9.17, 15) is 4.79 Å². The van der Waals surface area contributed by atoms with E-state index in [4.69, 9.17) is 4.74 Å². The van der Waals surface area contributed by atoms with Crippen LogP contribution < -0.4 is 5.32 Å². The number of nitrogens with one attached hydrogen (secondary N) is 1. The SMILES string of the molecule is CCn1ccnc1[C@H]1OCC[C@@H]1NC(=O)Cc1csc(C)n1. The Morgan fingerprint density at radius 1 is 1.59 bits per heavy atom. The van der Waals surface area contributed by atoms with Gasteiger partial charge in [0.15, 0.2) is 0 Å². The van der Waals surface area contributed by atoms with E-state index in [2.05, 4.69) is 26.8 Å². The molecule has 0 aliphatic carbocycles. The van der Waals surface area contributed by atoms with Gasteiger partial charge >= 0.3 is 0 Å². The van der Waals surface area contributed by atoms with E-state index >= 15 is 0 Å². The number of nitrogens with zero attached hydrogens (tertiary/aromatic N) is 3. The number of aryl methyl sites for hydroxylation is 2. The third kappa shape index (κ3) is 3.20. The number of imidazole rings is 1. The Labute approximate surface area is 133 Å². The van der Waals surface area contributed by atoms with Crippen molar-refractivity contribution >= 4 is 17.2 Å². The quantitative estimate of drug-likeness (QED) is 0.913. The van der Waals surface area contributed by atoms with Crippen LogP contribution in [0.25, 0.3) is 0 Å². The van der Waals surface area contributed by atoms with E-state index < -0.39 is 0 Å². The number of amides is 1. The predicted octanol–water partition coefficient (Wildman–Crippen LogP) is 1.86. The molecular weight excluding hydrogens is 300 g/mol. The molecule has 1 aliphatic rings. The average Bonchev–Trinajstić information content (AvgIpc) is 3.19. The maximum Gasteiger partial charge on any atom is 0.226 e. The smallest absolute Gasteiger partial charge is 0.226 e. The van der Waals surface area contributed by atoms with E-state index in [1.165, 1.54) is 0 Å². The molecule has 0 saturated carbocycles. The number of aromatic nitrogens is 3. The van der Waals surface area contributed by atoms with Gasteiger partial charge in [0.1, 0.15) is 11.9 Å². The first kappa shape index (κ1) is 15.2. The average molecular weight is 320 g/mol. The monoisotopic (exact) mass is 320 g/mol. The zero-order chi connectivity index (χ0) is 15.5. The minimum absolute atomic E-state index is 0.0135. The first-order valence-electron chi connectivity index (χ1n) is 7.50. The summed E-state index contributed by atoms with van der Waals surface area (Å²) in [6.07, 6.45) is 4.67. The van der Waals surface area contributed by atoms with Gasteiger partial charge in [-0.2, -0.15) is 0 Å². The van der Waals surface area contributed by atoms with E-state index in [1.54, 1.807) is 17.5 Å². The van der Waals surface area contributed by atoms with Crippen LogP contribution in [0.1, 0.15) is 36.0 Å². The van der Waals surface area contributed by atoms with E-state index in [-0.39, 0.29) is 18.1 Å². The molecular formula is C15H20N4O2S. The molecule has 1 aliphatic heterocycles. The fourth-order valence-electron chi connectivity index (χ4n) is 2.75. The molecule has 1 saturated heterocycles. The molecule has 118 valence electrons. The first-order chi connectivity index (χ1) is 10.7. The number of carbonyl (C=O) groups is 1. The van der Waals surface area contributed by atoms with Crippen molar-refractivity contribution in [2.45, 2.75) is 45.4 Å². The second kappa shape index (κ2) is 6.58. The summed E-state index contributed by atoms with van der Waals surface area (Å²) in [6.45, 7) is 5.49. The van der Waals surface area contributed by atoms with E-state index in [0.717, 1.165) is 29.5 Å². The van der Waals surface area contributed by atoms with Gasteiger partial charge in [-0.3, -0.25) is 4.79 Å². The van der Waals surface area contributed by atoms with Gasteiger partial charge in [0.2, 0.25) is 5.91 Å². The van der Waals surface area contributed by atoms with Crippen molar-refractivity contribution in [2.24, 2.45) is 0 Å². The number of ether oxygens (including phenoxy) is 1. The molecule has 7 heteroatoms. The highest BCUT2D eigenvalue weighted by molar-refractivity contribution is 7.09. The molecule has 0 radical (unpaired) electrons. The highest BCUT2D eigenvalue weighted by Crippen LogP contribution is 2.28. The fraction of sp³-hybridized carbons (Fsp3) is 0.533. The van der Waals surface area contributed by atoms with Gasteiger partial charge in [-0.05, 0) is 20.3 Å². The Morgan fingerprint density at radius 3 is 3.18 bits per heavy atom. The predicted molar refractivity (Wildman–Crippen MR) is 83.7 cm³/mol. The summed E-state index contributed by atoms with van der Waals surface area (Å²) in [4.78, 5) is 20.9. The molecule has 0 bridgehead atoms. The van der Waals surface area contributed by atoms with Crippen LogP contribution in [0, 0.1) is 6.92 Å². The topological polar surface area (TPSA) is 69.0 Å². The molecule has 2 aromatic heterocycles. The molecule has 3 rings (SSSR count). The van der Waals surface area contributed by atoms with Crippen LogP contribution in [0.5, 0.6) is 0 Å². The Balaban J connectivity index is 1.65. The third-order valence-corrected chi connectivity index (χ3v) is 4.61. The number of rotatable bonds is 5. The summed E-state index contributed by atoms with van der Waals surface area (Å²) in [5.41, 5.74) is 0.825. The fourth-order valence-corrected chi connectivity index (χ4v) is 3.36. The van der Waals surface area contributed by atoms with Crippen LogP contribution in [-0.2, 0) is 22.5 Å². The van der Waals surface area contributed by atoms with E-state index in [1.807, 2.05) is 18.5 Å². The molecule has 2 aromatic rings. The lowest BCUT2D eigenvalue weighted by atomic mass is 10.1. The molecule has 3 heterocycles. The Morgan fingerprint density at radius 2 is 2.45 bits per heavy atom. The normalized spacial score (nSPS) is 21.2. The number of hydrogen-bond donors (Lipinski definition) is 1. The number of carbonyl (C=O) groups excluding carboxylic acids is 1. The standard InChI is InChI=1S/C15H20N4O2S/c1-3-19-6-5-16-15(19)14-12(4-7-21-14)18-13(20)8-11-9-22-10(2)17-11/h5-6,9,12,14H,3-4,7-8H2,1-2H3,(H,18,20)/t12-,14-/m0/s1. The largest absolute Gasteiger partial charge is 0.368 e. The number of hydrogen-bond acceptors (Lipinski definition) is 5. The van der Waals surface area contributed by atoms with Gasteiger partial charge in [0, 0.05) is 30.9 Å². The zero-order valence-corrected chi connectivity index (χ0v) is 13.6. The number of thiazole rings is 1. The zero-order valence-electron chi connectivity index (χ0n) is 12.8. The van der Waals surface area contributed by atoms with Crippen molar-refractivity contribution in [2.75, 3.05) is 6.61 Å². The lowest BCUT2D eigenvalue weighted by molar-refractivity contribution is -0.121. The molecule has 1 fully saturated rings. The third-order valence-electron chi connectivity index (χ3n) is 3.79. The highest BCUT2D eigenvalue weighted by Gasteiger charge is 2.33. The first-order valence-corrected chi connectivity index (χ1v) is 8.38. The summed E-state index contributed by atoms with van der Waals surface area (Å²) in [5, 5.41) is 5.99. The second-order valence-electron chi connectivity index (χ2n) is 5.36. The molecule has 6 nitrogen and oxygen atoms in total. The van der Waals surface area contributed by atoms with Crippen LogP contribution in [0.15, 0.2) is 17.8 Å². The van der Waals surface area contributed by atoms with Crippen LogP contribution in [0.3, 0.4) is 0 Å². The van der Waals surface area contributed by atoms with Crippen molar-refractivity contribution in [3.05, 3.63) is 34.3 Å². The minimum atomic E-state index is -0.170. The summed E-state index contributed by atoms with van der Waals surface area (Å²) in [6, 6.07) is -0.0278. The van der Waals surface area contributed by atoms with Crippen molar-refractivity contribution < 1.29 is 9.53 Å². The molecule has 0 spiro atoms. The minimum Gasteiger partial charge on any atom is -0.368 e. The van der Waals surface area contributed by atoms with Crippen LogP contribution in [-0.4, -0.2) is 33.1 Å². The summed E-state index contributed by atoms with van der Waals surface area (Å²) in [7, 11) is 0. The van der Waals surface area contributed by atoms with Crippen molar-refractivity contribution in [1.82, 2.24) is 19.9 Å². The maximum atomic E-state index is 12.2. The Bertz CT molecular complexity index is 652. The molecule has 0 unspecified atom stereocenters. The summed E-state index contributed by atoms with van der Waals surface area (Å²) in [5.74, 6) is 0.871. The highest BCUT2D eigenvalue weighted by atomic mass is 32.1. The van der Waals surface area contributed by atoms with Gasteiger partial charge in [-0.15, -0.1) is 11.3 Å². The second-order valence-corrected chi connectivity index (χ2v) is 6.42. The van der Waals surface area contributed by atoms with Crippen LogP contribution in [0.4, 0.5) is 0 Å². The van der Waals surface area contributed by atoms with Crippen LogP contribution in [0.2, 0.25) is 0 Å². The van der Waals surface area contributed by atoms with Crippen molar-refractivity contribution in [3.63, 3.8) is 0 Å². The Hall–Kier alpha value is -1.73. The van der Waals surface area contributed by atoms with E-state index in [0.29, 0.717) is 13.0 Å². The molecule has 22 heavy (non-hydrogen) atoms. The van der Waals surface area contributed by atoms with Crippen LogP contribution >= 0.6 is 11.3 Å². The Kier molecular flexibility index (Phi) is 4.54. The molecule has 1 amide bonds. The van der Waals surface area contributed by atoms with Gasteiger partial charge < -0.3 is 14.6 Å². The van der Waals surface area contributed by atoms with Gasteiger partial charge in [0.25, 0.3) is 0 Å². The van der Waals surface area contributed by atoms with Crippen molar-refractivity contribution in [3.8, 4) is 0 Å². The maximum absolute atomic E-state index is 12.2. The lowest BCUT2D eigenvalue weighted by Crippen LogP contribution is -2.38. The van der Waals surface area contributed by atoms with Gasteiger partial charge in [-0.25, -0.2) is 9.97 Å². The lowest BCUT2D eigenvalue weighted by Gasteiger charge is -2.20. The summed E-state index contributed by atoms with van der Waals surface area (Å²) >= 11 is 1.56. The van der Waals surface area contributed by atoms with Crippen molar-refractivity contribution in [1.29, 1.82) is 0 Å². The van der Waals surface area contributed by atoms with Gasteiger partial charge in [-0.1, -0.05) is 0 Å². The molecule has 0 aromatic carbocycles. The molecule has 1 N–H and O–H groups in total. The van der Waals surface area contributed by atoms with Gasteiger partial charge in [0.05, 0.1) is 23.2 Å². The summed E-state index contributed by atoms with van der Waals surface area (Å²) < 4.78 is 7.85.